The summed E-state index contributed by atoms with van der Waals surface area (Å²) in [6.07, 6.45) is -5.11. The molecule has 35 heavy (non-hydrogen) atoms. The van der Waals surface area contributed by atoms with Crippen molar-refractivity contribution in [2.45, 2.75) is 83.5 Å². The zero-order valence-electron chi connectivity index (χ0n) is 19.9. The molecular formula is C22H27NO12. The lowest BCUT2D eigenvalue weighted by atomic mass is 9.97. The predicted octanol–water partition coefficient (Wildman–Crippen LogP) is 0.240. The molecule has 2 aliphatic rings. The maximum atomic E-state index is 11.9. The van der Waals surface area contributed by atoms with Gasteiger partial charge < -0.3 is 33.2 Å². The molecule has 0 amide bonds. The molecular weight excluding hydrogens is 470 g/mol. The first-order chi connectivity index (χ1) is 16.4. The van der Waals surface area contributed by atoms with Crippen LogP contribution in [0.25, 0.3) is 0 Å². The first-order valence-electron chi connectivity index (χ1n) is 10.6. The fourth-order valence-corrected chi connectivity index (χ4v) is 3.68. The lowest BCUT2D eigenvalue weighted by molar-refractivity contribution is -0.320. The Labute approximate surface area is 201 Å². The molecule has 192 valence electrons. The quantitative estimate of drug-likeness (QED) is 0.254. The van der Waals surface area contributed by atoms with Crippen LogP contribution in [0.4, 0.5) is 0 Å². The highest BCUT2D eigenvalue weighted by Gasteiger charge is 2.55. The van der Waals surface area contributed by atoms with E-state index in [0.29, 0.717) is 0 Å². The van der Waals surface area contributed by atoms with Gasteiger partial charge in [-0.15, -0.1) is 0 Å². The van der Waals surface area contributed by atoms with Crippen molar-refractivity contribution in [3.05, 3.63) is 12.2 Å². The number of ether oxygens (including phenoxy) is 7. The molecule has 0 N–H and O–H groups in total. The largest absolute Gasteiger partial charge is 0.463 e. The topological polar surface area (TPSA) is 174 Å². The Morgan fingerprint density at radius 2 is 1.40 bits per heavy atom. The Morgan fingerprint density at radius 1 is 0.857 bits per heavy atom. The summed E-state index contributed by atoms with van der Waals surface area (Å²) in [6.45, 7) is 5.18. The molecule has 1 aliphatic carbocycles. The van der Waals surface area contributed by atoms with E-state index in [4.69, 9.17) is 33.2 Å². The van der Waals surface area contributed by atoms with Crippen LogP contribution in [0.5, 0.6) is 0 Å². The van der Waals surface area contributed by atoms with Crippen LogP contribution in [-0.4, -0.2) is 78.9 Å². The summed E-state index contributed by atoms with van der Waals surface area (Å²) in [4.78, 5) is 58.3. The molecule has 7 atom stereocenters. The van der Waals surface area contributed by atoms with Crippen molar-refractivity contribution in [2.24, 2.45) is 0 Å². The number of carbonyl (C=O) groups is 5. The summed E-state index contributed by atoms with van der Waals surface area (Å²) in [5, 5.41) is 9.84. The summed E-state index contributed by atoms with van der Waals surface area (Å²) < 4.78 is 37.8. The molecule has 0 radical (unpaired) electrons. The fourth-order valence-electron chi connectivity index (χ4n) is 3.68. The van der Waals surface area contributed by atoms with E-state index < -0.39 is 78.9 Å². The molecule has 1 aliphatic heterocycles. The molecule has 0 aromatic carbocycles. The van der Waals surface area contributed by atoms with Gasteiger partial charge in [-0.2, -0.15) is 5.26 Å². The molecule has 13 heteroatoms. The van der Waals surface area contributed by atoms with E-state index in [1.165, 1.54) is 19.1 Å². The number of esters is 5. The molecule has 0 aromatic rings. The molecule has 2 rings (SSSR count). The minimum atomic E-state index is -1.68. The Balaban J connectivity index is 2.45. The summed E-state index contributed by atoms with van der Waals surface area (Å²) in [7, 11) is 0. The molecule has 0 saturated carbocycles. The molecule has 13 nitrogen and oxygen atoms in total. The fraction of sp³-hybridized carbons (Fsp3) is 0.636. The highest BCUT2D eigenvalue weighted by Crippen LogP contribution is 2.36. The average Bonchev–Trinajstić information content (AvgIpc) is 3.12. The zero-order valence-corrected chi connectivity index (χ0v) is 19.9. The van der Waals surface area contributed by atoms with Gasteiger partial charge in [-0.05, 0) is 12.2 Å². The van der Waals surface area contributed by atoms with E-state index >= 15 is 0 Å². The van der Waals surface area contributed by atoms with Crippen LogP contribution in [0.3, 0.4) is 0 Å². The third-order valence-electron chi connectivity index (χ3n) is 4.87. The molecule has 1 heterocycles. The summed E-state index contributed by atoms with van der Waals surface area (Å²) in [5.41, 5.74) is -1.68. The van der Waals surface area contributed by atoms with E-state index in [-0.39, 0.29) is 6.42 Å². The van der Waals surface area contributed by atoms with E-state index in [1.54, 1.807) is 0 Å². The molecule has 0 aromatic heterocycles. The second-order valence-corrected chi connectivity index (χ2v) is 7.90. The van der Waals surface area contributed by atoms with E-state index in [1.807, 2.05) is 6.07 Å². The number of nitriles is 1. The van der Waals surface area contributed by atoms with Gasteiger partial charge in [-0.25, -0.2) is 0 Å². The van der Waals surface area contributed by atoms with Gasteiger partial charge in [0.1, 0.15) is 24.9 Å². The van der Waals surface area contributed by atoms with Gasteiger partial charge in [0.15, 0.2) is 23.9 Å². The highest BCUT2D eigenvalue weighted by molar-refractivity contribution is 5.69. The second kappa shape index (κ2) is 11.8. The van der Waals surface area contributed by atoms with Crippen molar-refractivity contribution in [2.75, 3.05) is 6.61 Å². The van der Waals surface area contributed by atoms with Crippen LogP contribution >= 0.6 is 0 Å². The molecule has 0 bridgehead atoms. The standard InChI is InChI=1S/C22H27NO12/c1-11(24)29-9-17-18(31-13(3)26)19(32-14(4)27)20(33-15(5)28)21(34-17)35-22(10-23)7-6-16(8-22)30-12(2)25/h6-7,16-21H,8-9H2,1-5H3/t16-,17+,18+,19-,20+,21-,22+/m1/s1. The summed E-state index contributed by atoms with van der Waals surface area (Å²) in [5.74, 6) is -3.63. The lowest BCUT2D eigenvalue weighted by Gasteiger charge is -2.45. The van der Waals surface area contributed by atoms with Gasteiger partial charge in [-0.1, -0.05) is 0 Å². The first-order valence-corrected chi connectivity index (χ1v) is 10.6. The highest BCUT2D eigenvalue weighted by atomic mass is 16.7. The maximum absolute atomic E-state index is 11.9. The van der Waals surface area contributed by atoms with Gasteiger partial charge >= 0.3 is 29.8 Å². The summed E-state index contributed by atoms with van der Waals surface area (Å²) >= 11 is 0. The average molecular weight is 497 g/mol. The third kappa shape index (κ3) is 7.76. The van der Waals surface area contributed by atoms with E-state index in [0.717, 1.165) is 27.7 Å². The number of hydrogen-bond donors (Lipinski definition) is 0. The Kier molecular flexibility index (Phi) is 9.32. The monoisotopic (exact) mass is 497 g/mol. The van der Waals surface area contributed by atoms with E-state index in [2.05, 4.69) is 0 Å². The predicted molar refractivity (Wildman–Crippen MR) is 111 cm³/mol. The number of carbonyl (C=O) groups excluding carboxylic acids is 5. The lowest BCUT2D eigenvalue weighted by Crippen LogP contribution is -2.64. The molecule has 1 fully saturated rings. The molecule has 0 spiro atoms. The van der Waals surface area contributed by atoms with Gasteiger partial charge in [0.2, 0.25) is 6.29 Å². The van der Waals surface area contributed by atoms with Gasteiger partial charge in [0.25, 0.3) is 0 Å². The van der Waals surface area contributed by atoms with Crippen LogP contribution in [0.15, 0.2) is 12.2 Å². The molecule has 1 saturated heterocycles. The summed E-state index contributed by atoms with van der Waals surface area (Å²) in [6, 6.07) is 1.97. The van der Waals surface area contributed by atoms with Crippen LogP contribution in [0.1, 0.15) is 41.0 Å². The minimum Gasteiger partial charge on any atom is -0.463 e. The SMILES string of the molecule is CC(=O)OC[C@@H]1O[C@H](O[C@@]2(C#N)C=C[C@@H](OC(C)=O)C2)[C@@H](OC(C)=O)[C@H](OC(C)=O)[C@H]1OC(C)=O. The number of hydrogen-bond acceptors (Lipinski definition) is 13. The maximum Gasteiger partial charge on any atom is 0.303 e. The van der Waals surface area contributed by atoms with Crippen molar-refractivity contribution in [1.82, 2.24) is 0 Å². The number of nitrogens with zero attached hydrogens (tertiary/aromatic N) is 1. The first kappa shape index (κ1) is 27.7. The zero-order chi connectivity index (χ0) is 26.3. The Morgan fingerprint density at radius 3 is 1.91 bits per heavy atom. The van der Waals surface area contributed by atoms with E-state index in [9.17, 15) is 29.2 Å². The van der Waals surface area contributed by atoms with Crippen LogP contribution < -0.4 is 0 Å². The van der Waals surface area contributed by atoms with Crippen molar-refractivity contribution in [3.63, 3.8) is 0 Å². The van der Waals surface area contributed by atoms with Gasteiger partial charge in [0, 0.05) is 41.0 Å². The smallest absolute Gasteiger partial charge is 0.303 e. The third-order valence-corrected chi connectivity index (χ3v) is 4.87. The van der Waals surface area contributed by atoms with Crippen LogP contribution in [-0.2, 0) is 57.1 Å². The Bertz CT molecular complexity index is 924. The van der Waals surface area contributed by atoms with Crippen molar-refractivity contribution < 1.29 is 57.1 Å². The van der Waals surface area contributed by atoms with Gasteiger partial charge in [0.05, 0.1) is 0 Å². The Hall–Kier alpha value is -3.50. The van der Waals surface area contributed by atoms with Gasteiger partial charge in [-0.3, -0.25) is 24.0 Å². The van der Waals surface area contributed by atoms with Crippen molar-refractivity contribution in [1.29, 1.82) is 5.26 Å². The van der Waals surface area contributed by atoms with Crippen LogP contribution in [0.2, 0.25) is 0 Å². The van der Waals surface area contributed by atoms with Crippen molar-refractivity contribution in [3.8, 4) is 6.07 Å². The molecule has 0 unspecified atom stereocenters. The second-order valence-electron chi connectivity index (χ2n) is 7.90. The normalized spacial score (nSPS) is 31.5. The minimum absolute atomic E-state index is 0.101. The number of rotatable bonds is 8. The van der Waals surface area contributed by atoms with Crippen molar-refractivity contribution >= 4 is 29.8 Å². The van der Waals surface area contributed by atoms with Crippen LogP contribution in [0, 0.1) is 11.3 Å².